The zero-order chi connectivity index (χ0) is 13.2. The van der Waals surface area contributed by atoms with E-state index in [1.807, 2.05) is 7.05 Å². The lowest BCUT2D eigenvalue weighted by molar-refractivity contribution is 0.659. The lowest BCUT2D eigenvalue weighted by Crippen LogP contribution is -2.20. The van der Waals surface area contributed by atoms with E-state index in [1.165, 1.54) is 17.5 Å². The van der Waals surface area contributed by atoms with Crippen LogP contribution in [0.1, 0.15) is 19.0 Å². The van der Waals surface area contributed by atoms with Crippen molar-refractivity contribution in [2.45, 2.75) is 19.9 Å². The van der Waals surface area contributed by atoms with E-state index >= 15 is 0 Å². The molecule has 1 atom stereocenters. The van der Waals surface area contributed by atoms with Crippen LogP contribution in [-0.4, -0.2) is 25.1 Å². The van der Waals surface area contributed by atoms with Gasteiger partial charge in [0.1, 0.15) is 0 Å². The fraction of sp³-hybridized carbons (Fsp3) is 0.438. The van der Waals surface area contributed by atoms with Crippen molar-refractivity contribution >= 4 is 16.6 Å². The van der Waals surface area contributed by atoms with E-state index < -0.39 is 0 Å². The highest BCUT2D eigenvalue weighted by Crippen LogP contribution is 2.30. The SMILES string of the molecule is CNCc1cc(N2CCC(C)C2)c2ccccc2n1. The van der Waals surface area contributed by atoms with Gasteiger partial charge in [0, 0.05) is 30.7 Å². The molecular weight excluding hydrogens is 234 g/mol. The number of pyridine rings is 1. The normalized spacial score (nSPS) is 19.3. The molecule has 1 aliphatic heterocycles. The molecule has 1 unspecified atom stereocenters. The Morgan fingerprint density at radius 3 is 2.95 bits per heavy atom. The van der Waals surface area contributed by atoms with E-state index in [0.717, 1.165) is 36.8 Å². The van der Waals surface area contributed by atoms with Gasteiger partial charge in [-0.1, -0.05) is 25.1 Å². The molecule has 0 saturated carbocycles. The van der Waals surface area contributed by atoms with E-state index in [0.29, 0.717) is 0 Å². The van der Waals surface area contributed by atoms with Crippen molar-refractivity contribution in [1.82, 2.24) is 10.3 Å². The van der Waals surface area contributed by atoms with Crippen LogP contribution in [0.15, 0.2) is 30.3 Å². The molecular formula is C16H21N3. The standard InChI is InChI=1S/C16H21N3/c1-12-7-8-19(11-12)16-9-13(10-17-2)18-15-6-4-3-5-14(15)16/h3-6,9,12,17H,7-8,10-11H2,1-2H3. The molecule has 1 saturated heterocycles. The van der Waals surface area contributed by atoms with Crippen molar-refractivity contribution in [3.8, 4) is 0 Å². The predicted octanol–water partition coefficient (Wildman–Crippen LogP) is 2.80. The number of hydrogen-bond donors (Lipinski definition) is 1. The second-order valence-corrected chi connectivity index (χ2v) is 5.52. The highest BCUT2D eigenvalue weighted by Gasteiger charge is 2.21. The third-order valence-electron chi connectivity index (χ3n) is 3.87. The second-order valence-electron chi connectivity index (χ2n) is 5.52. The molecule has 3 heteroatoms. The van der Waals surface area contributed by atoms with Crippen LogP contribution >= 0.6 is 0 Å². The average Bonchev–Trinajstić information content (AvgIpc) is 2.85. The molecule has 0 amide bonds. The third-order valence-corrected chi connectivity index (χ3v) is 3.87. The molecule has 0 aliphatic carbocycles. The topological polar surface area (TPSA) is 28.2 Å². The molecule has 2 aromatic rings. The molecule has 3 rings (SSSR count). The quantitative estimate of drug-likeness (QED) is 0.914. The first-order chi connectivity index (χ1) is 9.28. The summed E-state index contributed by atoms with van der Waals surface area (Å²) >= 11 is 0. The summed E-state index contributed by atoms with van der Waals surface area (Å²) in [6, 6.07) is 10.7. The third kappa shape index (κ3) is 2.43. The lowest BCUT2D eigenvalue weighted by atomic mass is 10.1. The van der Waals surface area contributed by atoms with Gasteiger partial charge in [0.2, 0.25) is 0 Å². The van der Waals surface area contributed by atoms with Crippen molar-refractivity contribution in [1.29, 1.82) is 0 Å². The van der Waals surface area contributed by atoms with Gasteiger partial charge in [0.25, 0.3) is 0 Å². The first kappa shape index (κ1) is 12.4. The fourth-order valence-corrected chi connectivity index (χ4v) is 2.90. The fourth-order valence-electron chi connectivity index (χ4n) is 2.90. The average molecular weight is 255 g/mol. The van der Waals surface area contributed by atoms with Gasteiger partial charge < -0.3 is 10.2 Å². The van der Waals surface area contributed by atoms with Crippen LogP contribution in [0, 0.1) is 5.92 Å². The number of aromatic nitrogens is 1. The van der Waals surface area contributed by atoms with E-state index in [-0.39, 0.29) is 0 Å². The number of anilines is 1. The maximum atomic E-state index is 4.73. The molecule has 0 bridgehead atoms. The number of nitrogens with zero attached hydrogens (tertiary/aromatic N) is 2. The Labute approximate surface area is 114 Å². The summed E-state index contributed by atoms with van der Waals surface area (Å²) in [4.78, 5) is 7.23. The van der Waals surface area contributed by atoms with Crippen molar-refractivity contribution in [3.05, 3.63) is 36.0 Å². The lowest BCUT2D eigenvalue weighted by Gasteiger charge is -2.21. The minimum atomic E-state index is 0.791. The van der Waals surface area contributed by atoms with E-state index in [9.17, 15) is 0 Å². The summed E-state index contributed by atoms with van der Waals surface area (Å²) in [5, 5.41) is 4.47. The van der Waals surface area contributed by atoms with E-state index in [1.54, 1.807) is 0 Å². The van der Waals surface area contributed by atoms with Gasteiger partial charge in [-0.3, -0.25) is 4.98 Å². The number of rotatable bonds is 3. The summed E-state index contributed by atoms with van der Waals surface area (Å²) in [5.74, 6) is 0.791. The first-order valence-electron chi connectivity index (χ1n) is 7.06. The summed E-state index contributed by atoms with van der Waals surface area (Å²) in [5.41, 5.74) is 3.57. The molecule has 2 heterocycles. The van der Waals surface area contributed by atoms with Crippen molar-refractivity contribution < 1.29 is 0 Å². The summed E-state index contributed by atoms with van der Waals surface area (Å²) in [7, 11) is 1.97. The van der Waals surface area contributed by atoms with Crippen LogP contribution < -0.4 is 10.2 Å². The number of fused-ring (bicyclic) bond motifs is 1. The molecule has 1 N–H and O–H groups in total. The predicted molar refractivity (Wildman–Crippen MR) is 80.5 cm³/mol. The van der Waals surface area contributed by atoms with Gasteiger partial charge in [0.05, 0.1) is 11.2 Å². The van der Waals surface area contributed by atoms with Crippen LogP contribution in [-0.2, 0) is 6.54 Å². The van der Waals surface area contributed by atoms with Gasteiger partial charge in [0.15, 0.2) is 0 Å². The molecule has 0 radical (unpaired) electrons. The van der Waals surface area contributed by atoms with Gasteiger partial charge >= 0.3 is 0 Å². The van der Waals surface area contributed by atoms with Crippen LogP contribution in [0.2, 0.25) is 0 Å². The van der Waals surface area contributed by atoms with Gasteiger partial charge in [-0.2, -0.15) is 0 Å². The summed E-state index contributed by atoms with van der Waals surface area (Å²) < 4.78 is 0. The Hall–Kier alpha value is -1.61. The number of para-hydroxylation sites is 1. The Morgan fingerprint density at radius 2 is 2.21 bits per heavy atom. The molecule has 3 nitrogen and oxygen atoms in total. The largest absolute Gasteiger partial charge is 0.371 e. The molecule has 100 valence electrons. The smallest absolute Gasteiger partial charge is 0.0726 e. The minimum Gasteiger partial charge on any atom is -0.371 e. The summed E-state index contributed by atoms with van der Waals surface area (Å²) in [6.07, 6.45) is 1.29. The molecule has 1 aliphatic rings. The summed E-state index contributed by atoms with van der Waals surface area (Å²) in [6.45, 7) is 5.47. The van der Waals surface area contributed by atoms with Crippen molar-refractivity contribution in [2.24, 2.45) is 5.92 Å². The molecule has 0 spiro atoms. The zero-order valence-electron chi connectivity index (χ0n) is 11.7. The number of hydrogen-bond acceptors (Lipinski definition) is 3. The van der Waals surface area contributed by atoms with Gasteiger partial charge in [-0.25, -0.2) is 0 Å². The monoisotopic (exact) mass is 255 g/mol. The van der Waals surface area contributed by atoms with E-state index in [4.69, 9.17) is 4.98 Å². The highest BCUT2D eigenvalue weighted by atomic mass is 15.2. The number of nitrogens with one attached hydrogen (secondary N) is 1. The van der Waals surface area contributed by atoms with Gasteiger partial charge in [-0.05, 0) is 31.5 Å². The van der Waals surface area contributed by atoms with Gasteiger partial charge in [-0.15, -0.1) is 0 Å². The van der Waals surface area contributed by atoms with Crippen LogP contribution in [0.5, 0.6) is 0 Å². The Bertz CT molecular complexity index is 579. The van der Waals surface area contributed by atoms with Crippen molar-refractivity contribution in [3.63, 3.8) is 0 Å². The van der Waals surface area contributed by atoms with Crippen molar-refractivity contribution in [2.75, 3.05) is 25.0 Å². The zero-order valence-corrected chi connectivity index (χ0v) is 11.7. The van der Waals surface area contributed by atoms with Crippen LogP contribution in [0.3, 0.4) is 0 Å². The molecule has 1 fully saturated rings. The van der Waals surface area contributed by atoms with Crippen LogP contribution in [0.4, 0.5) is 5.69 Å². The second kappa shape index (κ2) is 5.17. The maximum absolute atomic E-state index is 4.73. The highest BCUT2D eigenvalue weighted by molar-refractivity contribution is 5.92. The molecule has 1 aromatic heterocycles. The Balaban J connectivity index is 2.09. The first-order valence-corrected chi connectivity index (χ1v) is 7.06. The van der Waals surface area contributed by atoms with E-state index in [2.05, 4.69) is 47.5 Å². The Kier molecular flexibility index (Phi) is 3.38. The minimum absolute atomic E-state index is 0.791. The maximum Gasteiger partial charge on any atom is 0.0726 e. The number of benzene rings is 1. The van der Waals surface area contributed by atoms with Crippen LogP contribution in [0.25, 0.3) is 10.9 Å². The Morgan fingerprint density at radius 1 is 1.37 bits per heavy atom. The molecule has 19 heavy (non-hydrogen) atoms. The molecule has 1 aromatic carbocycles.